The molecule has 2 fully saturated rings. The number of aliphatic hydroxyl groups excluding tert-OH is 1. The Kier molecular flexibility index (Phi) is 2.50. The molecule has 2 rings (SSSR count). The third-order valence-corrected chi connectivity index (χ3v) is 3.66. The Labute approximate surface area is 84.7 Å². The van der Waals surface area contributed by atoms with Crippen molar-refractivity contribution in [3.05, 3.63) is 0 Å². The molecule has 0 unspecified atom stereocenters. The molecule has 14 heavy (non-hydrogen) atoms. The molecule has 0 aromatic rings. The van der Waals surface area contributed by atoms with Crippen LogP contribution in [0.5, 0.6) is 0 Å². The Morgan fingerprint density at radius 1 is 1.29 bits per heavy atom. The van der Waals surface area contributed by atoms with Gasteiger partial charge in [0.1, 0.15) is 0 Å². The first-order valence-electron chi connectivity index (χ1n) is 5.34. The summed E-state index contributed by atoms with van der Waals surface area (Å²) in [6, 6.07) is 2.47. The van der Waals surface area contributed by atoms with Crippen LogP contribution in [0.4, 0.5) is 0 Å². The SMILES string of the molecule is N#CC1(CC2(CO)COC2)CCCC1. The summed E-state index contributed by atoms with van der Waals surface area (Å²) in [5.41, 5.74) is -0.257. The standard InChI is InChI=1S/C11H17NO2/c12-6-10(3-1-2-4-10)5-11(7-13)8-14-9-11/h13H,1-5,7-9H2. The van der Waals surface area contributed by atoms with Gasteiger partial charge in [0.2, 0.25) is 0 Å². The smallest absolute Gasteiger partial charge is 0.0690 e. The van der Waals surface area contributed by atoms with Crippen LogP contribution in [0.3, 0.4) is 0 Å². The summed E-state index contributed by atoms with van der Waals surface area (Å²) in [5, 5.41) is 18.5. The van der Waals surface area contributed by atoms with E-state index >= 15 is 0 Å². The van der Waals surface area contributed by atoms with Crippen LogP contribution in [-0.4, -0.2) is 24.9 Å². The fraction of sp³-hybridized carbons (Fsp3) is 0.909. The van der Waals surface area contributed by atoms with Crippen molar-refractivity contribution in [1.82, 2.24) is 0 Å². The minimum absolute atomic E-state index is 0.0972. The van der Waals surface area contributed by atoms with Crippen LogP contribution in [0, 0.1) is 22.2 Å². The van der Waals surface area contributed by atoms with Crippen LogP contribution in [0.25, 0.3) is 0 Å². The van der Waals surface area contributed by atoms with Crippen LogP contribution < -0.4 is 0 Å². The molecule has 3 heteroatoms. The highest BCUT2D eigenvalue weighted by molar-refractivity contribution is 5.06. The van der Waals surface area contributed by atoms with Crippen LogP contribution in [-0.2, 0) is 4.74 Å². The summed E-state index contributed by atoms with van der Waals surface area (Å²) in [6.07, 6.45) is 5.16. The predicted molar refractivity (Wildman–Crippen MR) is 51.5 cm³/mol. The topological polar surface area (TPSA) is 53.2 Å². The summed E-state index contributed by atoms with van der Waals surface area (Å²) in [7, 11) is 0. The van der Waals surface area contributed by atoms with E-state index in [1.54, 1.807) is 0 Å². The molecule has 1 heterocycles. The lowest BCUT2D eigenvalue weighted by Crippen LogP contribution is -2.48. The van der Waals surface area contributed by atoms with E-state index < -0.39 is 0 Å². The van der Waals surface area contributed by atoms with E-state index in [0.717, 1.165) is 32.1 Å². The van der Waals surface area contributed by atoms with Crippen LogP contribution in [0.15, 0.2) is 0 Å². The monoisotopic (exact) mass is 195 g/mol. The third-order valence-electron chi connectivity index (χ3n) is 3.66. The maximum absolute atomic E-state index is 9.32. The number of nitrogens with zero attached hydrogens (tertiary/aromatic N) is 1. The van der Waals surface area contributed by atoms with Gasteiger partial charge in [-0.25, -0.2) is 0 Å². The molecule has 0 amide bonds. The van der Waals surface area contributed by atoms with Gasteiger partial charge >= 0.3 is 0 Å². The molecule has 0 aromatic carbocycles. The maximum Gasteiger partial charge on any atom is 0.0690 e. The van der Waals surface area contributed by atoms with Gasteiger partial charge in [0.05, 0.1) is 31.3 Å². The van der Waals surface area contributed by atoms with Gasteiger partial charge < -0.3 is 9.84 Å². The molecule has 0 aromatic heterocycles. The maximum atomic E-state index is 9.32. The molecule has 0 spiro atoms. The fourth-order valence-electron chi connectivity index (χ4n) is 2.74. The van der Waals surface area contributed by atoms with E-state index in [-0.39, 0.29) is 17.4 Å². The first-order valence-corrected chi connectivity index (χ1v) is 5.34. The molecule has 0 atom stereocenters. The van der Waals surface area contributed by atoms with Crippen molar-refractivity contribution < 1.29 is 9.84 Å². The molecule has 1 N–H and O–H groups in total. The minimum Gasteiger partial charge on any atom is -0.396 e. The van der Waals surface area contributed by atoms with Crippen molar-refractivity contribution in [2.45, 2.75) is 32.1 Å². The molecule has 0 radical (unpaired) electrons. The molecule has 1 aliphatic heterocycles. The van der Waals surface area contributed by atoms with E-state index in [9.17, 15) is 10.4 Å². The number of rotatable bonds is 3. The average Bonchev–Trinajstić information content (AvgIpc) is 2.61. The Hall–Kier alpha value is -0.590. The molecule has 0 bridgehead atoms. The lowest BCUT2D eigenvalue weighted by Gasteiger charge is -2.43. The van der Waals surface area contributed by atoms with Crippen LogP contribution in [0.2, 0.25) is 0 Å². The Balaban J connectivity index is 2.04. The quantitative estimate of drug-likeness (QED) is 0.742. The minimum atomic E-state index is -0.160. The number of aliphatic hydroxyl groups is 1. The van der Waals surface area contributed by atoms with Gasteiger partial charge in [0, 0.05) is 5.41 Å². The van der Waals surface area contributed by atoms with E-state index in [1.165, 1.54) is 0 Å². The van der Waals surface area contributed by atoms with Crippen molar-refractivity contribution in [2.24, 2.45) is 10.8 Å². The second-order valence-electron chi connectivity index (χ2n) is 4.93. The third kappa shape index (κ3) is 1.53. The van der Waals surface area contributed by atoms with E-state index in [0.29, 0.717) is 13.2 Å². The van der Waals surface area contributed by atoms with Gasteiger partial charge in [-0.05, 0) is 19.3 Å². The molecule has 3 nitrogen and oxygen atoms in total. The summed E-state index contributed by atoms with van der Waals surface area (Å²) >= 11 is 0. The van der Waals surface area contributed by atoms with E-state index in [2.05, 4.69) is 6.07 Å². The summed E-state index contributed by atoms with van der Waals surface area (Å²) < 4.78 is 5.16. The number of hydrogen-bond acceptors (Lipinski definition) is 3. The Morgan fingerprint density at radius 2 is 1.93 bits per heavy atom. The molecular formula is C11H17NO2. The van der Waals surface area contributed by atoms with E-state index in [1.807, 2.05) is 0 Å². The predicted octanol–water partition coefficient (Wildman–Crippen LogP) is 1.47. The zero-order chi connectivity index (χ0) is 10.1. The Bertz CT molecular complexity index is 241. The summed E-state index contributed by atoms with van der Waals surface area (Å²) in [6.45, 7) is 1.43. The largest absolute Gasteiger partial charge is 0.396 e. The molecular weight excluding hydrogens is 178 g/mol. The van der Waals surface area contributed by atoms with E-state index in [4.69, 9.17) is 4.74 Å². The second-order valence-corrected chi connectivity index (χ2v) is 4.93. The molecule has 1 aliphatic carbocycles. The second kappa shape index (κ2) is 3.52. The molecule has 1 saturated carbocycles. The summed E-state index contributed by atoms with van der Waals surface area (Å²) in [4.78, 5) is 0. The first kappa shape index (κ1) is 9.95. The van der Waals surface area contributed by atoms with Gasteiger partial charge in [0.15, 0.2) is 0 Å². The van der Waals surface area contributed by atoms with Gasteiger partial charge in [-0.1, -0.05) is 12.8 Å². The van der Waals surface area contributed by atoms with Crippen LogP contribution >= 0.6 is 0 Å². The number of nitriles is 1. The van der Waals surface area contributed by atoms with Gasteiger partial charge in [-0.2, -0.15) is 5.26 Å². The van der Waals surface area contributed by atoms with Gasteiger partial charge in [-0.3, -0.25) is 0 Å². The van der Waals surface area contributed by atoms with Crippen molar-refractivity contribution in [3.63, 3.8) is 0 Å². The lowest BCUT2D eigenvalue weighted by molar-refractivity contribution is -0.152. The lowest BCUT2D eigenvalue weighted by atomic mass is 9.70. The molecule has 1 saturated heterocycles. The van der Waals surface area contributed by atoms with Crippen LogP contribution in [0.1, 0.15) is 32.1 Å². The highest BCUT2D eigenvalue weighted by Gasteiger charge is 2.47. The highest BCUT2D eigenvalue weighted by Crippen LogP contribution is 2.48. The summed E-state index contributed by atoms with van der Waals surface area (Å²) in [5.74, 6) is 0. The van der Waals surface area contributed by atoms with Crippen molar-refractivity contribution >= 4 is 0 Å². The normalized spacial score (nSPS) is 28.0. The van der Waals surface area contributed by atoms with Crippen molar-refractivity contribution in [2.75, 3.05) is 19.8 Å². The zero-order valence-corrected chi connectivity index (χ0v) is 8.46. The van der Waals surface area contributed by atoms with Gasteiger partial charge in [0.25, 0.3) is 0 Å². The number of hydrogen-bond donors (Lipinski definition) is 1. The van der Waals surface area contributed by atoms with Gasteiger partial charge in [-0.15, -0.1) is 0 Å². The molecule has 2 aliphatic rings. The molecule has 78 valence electrons. The average molecular weight is 195 g/mol. The zero-order valence-electron chi connectivity index (χ0n) is 8.46. The Morgan fingerprint density at radius 3 is 2.29 bits per heavy atom. The first-order chi connectivity index (χ1) is 6.74. The van der Waals surface area contributed by atoms with Crippen molar-refractivity contribution in [3.8, 4) is 6.07 Å². The fourth-order valence-corrected chi connectivity index (χ4v) is 2.74. The van der Waals surface area contributed by atoms with Crippen molar-refractivity contribution in [1.29, 1.82) is 5.26 Å². The highest BCUT2D eigenvalue weighted by atomic mass is 16.5. The number of ether oxygens (including phenoxy) is 1.